The van der Waals surface area contributed by atoms with Gasteiger partial charge in [0.2, 0.25) is 5.91 Å². The van der Waals surface area contributed by atoms with Crippen molar-refractivity contribution in [3.05, 3.63) is 46.1 Å². The van der Waals surface area contributed by atoms with E-state index in [1.54, 1.807) is 38.1 Å². The second-order valence-electron chi connectivity index (χ2n) is 5.03. The van der Waals surface area contributed by atoms with Gasteiger partial charge >= 0.3 is 5.97 Å². The minimum Gasteiger partial charge on any atom is -0.463 e. The number of carbonyl (C=O) groups excluding carboxylic acids is 2. The molecule has 0 aliphatic carbocycles. The summed E-state index contributed by atoms with van der Waals surface area (Å²) in [5, 5.41) is 3.72. The first kappa shape index (κ1) is 17.4. The molecular formula is C16H17ClN2O3S. The highest BCUT2D eigenvalue weighted by Crippen LogP contribution is 2.34. The number of amides is 1. The van der Waals surface area contributed by atoms with Crippen molar-refractivity contribution < 1.29 is 14.3 Å². The van der Waals surface area contributed by atoms with Gasteiger partial charge in [-0.2, -0.15) is 0 Å². The fourth-order valence-corrected chi connectivity index (χ4v) is 3.01. The Bertz CT molecular complexity index is 685. The summed E-state index contributed by atoms with van der Waals surface area (Å²) in [7, 11) is 0. The maximum atomic E-state index is 12.4. The third-order valence-electron chi connectivity index (χ3n) is 3.47. The van der Waals surface area contributed by atoms with Gasteiger partial charge in [0.15, 0.2) is 5.11 Å². The topological polar surface area (TPSA) is 58.6 Å². The van der Waals surface area contributed by atoms with E-state index < -0.39 is 12.0 Å². The van der Waals surface area contributed by atoms with E-state index in [-0.39, 0.29) is 17.6 Å². The molecule has 0 bridgehead atoms. The van der Waals surface area contributed by atoms with Crippen LogP contribution >= 0.6 is 23.8 Å². The van der Waals surface area contributed by atoms with Gasteiger partial charge in [-0.25, -0.2) is 4.79 Å². The minimum absolute atomic E-state index is 0.244. The lowest BCUT2D eigenvalue weighted by Crippen LogP contribution is -2.50. The normalized spacial score (nSPS) is 17.8. The third kappa shape index (κ3) is 3.54. The van der Waals surface area contributed by atoms with Gasteiger partial charge in [-0.05, 0) is 43.8 Å². The molecule has 122 valence electrons. The number of nitrogens with zero attached hydrogens (tertiary/aromatic N) is 1. The number of halogens is 1. The van der Waals surface area contributed by atoms with Crippen molar-refractivity contribution in [2.75, 3.05) is 6.61 Å². The molecule has 0 unspecified atom stereocenters. The van der Waals surface area contributed by atoms with E-state index in [9.17, 15) is 9.59 Å². The van der Waals surface area contributed by atoms with Crippen molar-refractivity contribution in [2.45, 2.75) is 26.8 Å². The second-order valence-corrected chi connectivity index (χ2v) is 5.86. The SMILES string of the molecule is CCOC(=O)C1=C(C)NC(=S)N(C(C)=O)[C@@H]1c1ccc(Cl)cc1. The number of hydrogen-bond donors (Lipinski definition) is 1. The van der Waals surface area contributed by atoms with Crippen molar-refractivity contribution in [3.63, 3.8) is 0 Å². The van der Waals surface area contributed by atoms with Crippen LogP contribution in [0.5, 0.6) is 0 Å². The Hall–Kier alpha value is -1.92. The van der Waals surface area contributed by atoms with Crippen molar-refractivity contribution in [3.8, 4) is 0 Å². The molecule has 2 rings (SSSR count). The lowest BCUT2D eigenvalue weighted by atomic mass is 9.94. The predicted octanol–water partition coefficient (Wildman–Crippen LogP) is 2.95. The first-order valence-corrected chi connectivity index (χ1v) is 7.89. The molecule has 1 atom stereocenters. The molecule has 7 heteroatoms. The number of ether oxygens (including phenoxy) is 1. The monoisotopic (exact) mass is 352 g/mol. The number of nitrogens with one attached hydrogen (secondary N) is 1. The average molecular weight is 353 g/mol. The number of rotatable bonds is 3. The van der Waals surface area contributed by atoms with Gasteiger partial charge < -0.3 is 10.1 Å². The van der Waals surface area contributed by atoms with Crippen molar-refractivity contribution >= 4 is 40.8 Å². The molecule has 1 aromatic rings. The quantitative estimate of drug-likeness (QED) is 0.669. The lowest BCUT2D eigenvalue weighted by Gasteiger charge is -2.37. The van der Waals surface area contributed by atoms with Crippen LogP contribution in [0, 0.1) is 0 Å². The Morgan fingerprint density at radius 1 is 1.35 bits per heavy atom. The summed E-state index contributed by atoms with van der Waals surface area (Å²) in [6.07, 6.45) is 0. The van der Waals surface area contributed by atoms with E-state index in [2.05, 4.69) is 5.32 Å². The zero-order chi connectivity index (χ0) is 17.1. The van der Waals surface area contributed by atoms with E-state index in [0.29, 0.717) is 16.3 Å². The van der Waals surface area contributed by atoms with Crippen molar-refractivity contribution in [2.24, 2.45) is 0 Å². The molecule has 0 saturated heterocycles. The van der Waals surface area contributed by atoms with Gasteiger partial charge in [-0.1, -0.05) is 23.7 Å². The van der Waals surface area contributed by atoms with Crippen LogP contribution in [0.15, 0.2) is 35.5 Å². The maximum absolute atomic E-state index is 12.4. The summed E-state index contributed by atoms with van der Waals surface area (Å²) < 4.78 is 5.15. The van der Waals surface area contributed by atoms with Crippen LogP contribution in [0.4, 0.5) is 0 Å². The molecule has 5 nitrogen and oxygen atoms in total. The maximum Gasteiger partial charge on any atom is 0.338 e. The van der Waals surface area contributed by atoms with E-state index in [1.807, 2.05) is 0 Å². The van der Waals surface area contributed by atoms with Crippen LogP contribution in [0.2, 0.25) is 5.02 Å². The molecule has 0 fully saturated rings. The highest BCUT2D eigenvalue weighted by Gasteiger charge is 2.38. The smallest absolute Gasteiger partial charge is 0.338 e. The van der Waals surface area contributed by atoms with Crippen molar-refractivity contribution in [1.82, 2.24) is 10.2 Å². The minimum atomic E-state index is -0.641. The average Bonchev–Trinajstić information content (AvgIpc) is 2.46. The van der Waals surface area contributed by atoms with Crippen LogP contribution in [0.25, 0.3) is 0 Å². The summed E-state index contributed by atoms with van der Waals surface area (Å²) in [5.74, 6) is -0.747. The Morgan fingerprint density at radius 3 is 2.48 bits per heavy atom. The summed E-state index contributed by atoms with van der Waals surface area (Å²) in [6, 6.07) is 6.31. The molecule has 1 heterocycles. The molecule has 1 N–H and O–H groups in total. The van der Waals surface area contributed by atoms with Crippen LogP contribution in [-0.2, 0) is 14.3 Å². The van der Waals surface area contributed by atoms with Gasteiger partial charge in [-0.15, -0.1) is 0 Å². The zero-order valence-electron chi connectivity index (χ0n) is 13.1. The number of hydrogen-bond acceptors (Lipinski definition) is 4. The van der Waals surface area contributed by atoms with Crippen LogP contribution in [-0.4, -0.2) is 28.5 Å². The summed E-state index contributed by atoms with van der Waals surface area (Å²) in [4.78, 5) is 25.9. The molecule has 1 aliphatic rings. The predicted molar refractivity (Wildman–Crippen MR) is 91.8 cm³/mol. The summed E-state index contributed by atoms with van der Waals surface area (Å²) in [5.41, 5.74) is 1.67. The molecule has 0 aromatic heterocycles. The van der Waals surface area contributed by atoms with Crippen LogP contribution < -0.4 is 5.32 Å². The van der Waals surface area contributed by atoms with Gasteiger partial charge in [0, 0.05) is 17.6 Å². The molecular weight excluding hydrogens is 336 g/mol. The number of allylic oxidation sites excluding steroid dienone is 1. The molecule has 0 saturated carbocycles. The highest BCUT2D eigenvalue weighted by atomic mass is 35.5. The first-order chi connectivity index (χ1) is 10.9. The molecule has 23 heavy (non-hydrogen) atoms. The van der Waals surface area contributed by atoms with E-state index in [1.165, 1.54) is 11.8 Å². The Balaban J connectivity index is 2.61. The number of benzene rings is 1. The zero-order valence-corrected chi connectivity index (χ0v) is 14.6. The van der Waals surface area contributed by atoms with Crippen molar-refractivity contribution in [1.29, 1.82) is 0 Å². The number of esters is 1. The largest absolute Gasteiger partial charge is 0.463 e. The molecule has 1 aromatic carbocycles. The van der Waals surface area contributed by atoms with Gasteiger partial charge in [0.1, 0.15) is 0 Å². The van der Waals surface area contributed by atoms with Gasteiger partial charge in [-0.3, -0.25) is 9.69 Å². The Kier molecular flexibility index (Phi) is 5.38. The fourth-order valence-electron chi connectivity index (χ4n) is 2.50. The summed E-state index contributed by atoms with van der Waals surface area (Å²) in [6.45, 7) is 5.11. The Morgan fingerprint density at radius 2 is 1.96 bits per heavy atom. The fraction of sp³-hybridized carbons (Fsp3) is 0.312. The number of carbonyl (C=O) groups is 2. The van der Waals surface area contributed by atoms with E-state index >= 15 is 0 Å². The van der Waals surface area contributed by atoms with Crippen LogP contribution in [0.1, 0.15) is 32.4 Å². The van der Waals surface area contributed by atoms with E-state index in [4.69, 9.17) is 28.6 Å². The highest BCUT2D eigenvalue weighted by molar-refractivity contribution is 7.80. The molecule has 0 radical (unpaired) electrons. The molecule has 1 amide bonds. The van der Waals surface area contributed by atoms with Crippen LogP contribution in [0.3, 0.4) is 0 Å². The first-order valence-electron chi connectivity index (χ1n) is 7.11. The third-order valence-corrected chi connectivity index (χ3v) is 4.02. The lowest BCUT2D eigenvalue weighted by molar-refractivity contribution is -0.139. The molecule has 1 aliphatic heterocycles. The van der Waals surface area contributed by atoms with Gasteiger partial charge in [0.05, 0.1) is 18.2 Å². The second kappa shape index (κ2) is 7.10. The Labute approximate surface area is 145 Å². The van der Waals surface area contributed by atoms with E-state index in [0.717, 1.165) is 5.56 Å². The van der Waals surface area contributed by atoms with Gasteiger partial charge in [0.25, 0.3) is 0 Å². The summed E-state index contributed by atoms with van der Waals surface area (Å²) >= 11 is 11.2. The standard InChI is InChI=1S/C16H17ClN2O3S/c1-4-22-15(21)13-9(2)18-16(23)19(10(3)20)14(13)11-5-7-12(17)8-6-11/h5-8,14H,4H2,1-3H3,(H,18,23)/t14-/m1/s1. The number of thiocarbonyl (C=S) groups is 1. The molecule has 0 spiro atoms.